The maximum absolute atomic E-state index is 12.8. The van der Waals surface area contributed by atoms with E-state index in [1.165, 1.54) is 0 Å². The fraction of sp³-hybridized carbons (Fsp3) is 0.207. The van der Waals surface area contributed by atoms with Crippen LogP contribution in [0.25, 0.3) is 33.1 Å². The average Bonchev–Trinajstić information content (AvgIpc) is 3.45. The molecule has 8 nitrogen and oxygen atoms in total. The normalized spacial score (nSPS) is 15.4. The summed E-state index contributed by atoms with van der Waals surface area (Å²) in [5.74, 6) is 8.77. The number of nitrogens with zero attached hydrogens (tertiary/aromatic N) is 4. The van der Waals surface area contributed by atoms with Crippen molar-refractivity contribution in [3.63, 3.8) is 0 Å². The van der Waals surface area contributed by atoms with Gasteiger partial charge in [-0.3, -0.25) is 4.98 Å². The van der Waals surface area contributed by atoms with Crippen molar-refractivity contribution in [1.29, 1.82) is 0 Å². The van der Waals surface area contributed by atoms with Gasteiger partial charge in [-0.2, -0.15) is 0 Å². The summed E-state index contributed by atoms with van der Waals surface area (Å²) in [7, 11) is 0. The van der Waals surface area contributed by atoms with Gasteiger partial charge < -0.3 is 19.9 Å². The fourth-order valence-corrected chi connectivity index (χ4v) is 5.29. The lowest BCUT2D eigenvalue weighted by Gasteiger charge is -2.27. The second kappa shape index (κ2) is 7.78. The maximum Gasteiger partial charge on any atom is 0.192 e. The van der Waals surface area contributed by atoms with Crippen molar-refractivity contribution < 1.29 is 14.0 Å². The summed E-state index contributed by atoms with van der Waals surface area (Å²) < 4.78 is 13.4. The van der Waals surface area contributed by atoms with Crippen molar-refractivity contribution in [3.05, 3.63) is 101 Å². The van der Waals surface area contributed by atoms with Crippen molar-refractivity contribution >= 4 is 22.0 Å². The standard InChI is InChI=1S/C29H25N5O3/c1-16-26(17(2)37-33-16)20-13-21(27-22(14-20)34(30)28(32-27)18-10-11-18)29(35,24-9-5-6-12-31-24)25-15-19-7-3-4-8-23(19)36-25/h3-9,12-15,18,35H,10-11,30H2,1-2H3. The smallest absolute Gasteiger partial charge is 0.192 e. The number of hydrogen-bond acceptors (Lipinski definition) is 7. The highest BCUT2D eigenvalue weighted by atomic mass is 16.5. The van der Waals surface area contributed by atoms with Crippen molar-refractivity contribution in [3.8, 4) is 11.1 Å². The molecule has 6 aromatic rings. The predicted molar refractivity (Wildman–Crippen MR) is 139 cm³/mol. The van der Waals surface area contributed by atoms with Gasteiger partial charge in [-0.05, 0) is 68.7 Å². The molecule has 7 rings (SSSR count). The number of nitrogen functional groups attached to an aromatic ring is 1. The lowest BCUT2D eigenvalue weighted by Crippen LogP contribution is -2.30. The number of aliphatic hydroxyl groups is 1. The zero-order chi connectivity index (χ0) is 25.3. The van der Waals surface area contributed by atoms with E-state index in [2.05, 4.69) is 10.1 Å². The maximum atomic E-state index is 12.8. The Labute approximate surface area is 212 Å². The van der Waals surface area contributed by atoms with Crippen LogP contribution in [0.2, 0.25) is 0 Å². The van der Waals surface area contributed by atoms with E-state index in [4.69, 9.17) is 19.8 Å². The first kappa shape index (κ1) is 21.8. The van der Waals surface area contributed by atoms with E-state index >= 15 is 0 Å². The van der Waals surface area contributed by atoms with E-state index in [1.54, 1.807) is 16.9 Å². The Bertz CT molecular complexity index is 1740. The molecule has 0 bridgehead atoms. The summed E-state index contributed by atoms with van der Waals surface area (Å²) in [6, 6.07) is 18.9. The summed E-state index contributed by atoms with van der Waals surface area (Å²) in [4.78, 5) is 9.56. The van der Waals surface area contributed by atoms with Crippen LogP contribution in [0.3, 0.4) is 0 Å². The van der Waals surface area contributed by atoms with Gasteiger partial charge in [-0.15, -0.1) is 0 Å². The molecule has 0 spiro atoms. The third-order valence-electron chi connectivity index (χ3n) is 7.29. The molecule has 3 N–H and O–H groups in total. The number of nitrogens with two attached hydrogens (primary N) is 1. The molecule has 1 aliphatic rings. The van der Waals surface area contributed by atoms with E-state index in [9.17, 15) is 5.11 Å². The van der Waals surface area contributed by atoms with Crippen molar-refractivity contribution in [1.82, 2.24) is 19.8 Å². The Balaban J connectivity index is 1.60. The van der Waals surface area contributed by atoms with Gasteiger partial charge in [-0.25, -0.2) is 9.66 Å². The van der Waals surface area contributed by atoms with E-state index < -0.39 is 5.60 Å². The Kier molecular flexibility index (Phi) is 4.59. The van der Waals surface area contributed by atoms with Gasteiger partial charge in [0.25, 0.3) is 0 Å². The van der Waals surface area contributed by atoms with Crippen LogP contribution in [0.15, 0.2) is 75.8 Å². The average molecular weight is 492 g/mol. The number of imidazole rings is 1. The Hall–Kier alpha value is -4.43. The number of pyridine rings is 1. The Morgan fingerprint density at radius 2 is 1.86 bits per heavy atom. The van der Waals surface area contributed by atoms with Crippen LogP contribution in [-0.4, -0.2) is 24.9 Å². The molecule has 37 heavy (non-hydrogen) atoms. The van der Waals surface area contributed by atoms with E-state index in [-0.39, 0.29) is 0 Å². The van der Waals surface area contributed by atoms with Crippen LogP contribution >= 0.6 is 0 Å². The number of aryl methyl sites for hydroxylation is 2. The minimum Gasteiger partial charge on any atom is -0.457 e. The van der Waals surface area contributed by atoms with Gasteiger partial charge in [0, 0.05) is 28.6 Å². The van der Waals surface area contributed by atoms with E-state index in [0.29, 0.717) is 45.3 Å². The van der Waals surface area contributed by atoms with Gasteiger partial charge in [0.15, 0.2) is 5.60 Å². The first-order chi connectivity index (χ1) is 17.9. The van der Waals surface area contributed by atoms with Gasteiger partial charge in [0.1, 0.15) is 22.9 Å². The summed E-state index contributed by atoms with van der Waals surface area (Å²) in [5, 5.41) is 17.8. The molecule has 2 aromatic carbocycles. The highest BCUT2D eigenvalue weighted by Gasteiger charge is 2.42. The van der Waals surface area contributed by atoms with Crippen LogP contribution < -0.4 is 5.84 Å². The first-order valence-electron chi connectivity index (χ1n) is 12.3. The third kappa shape index (κ3) is 3.22. The molecule has 1 fully saturated rings. The van der Waals surface area contributed by atoms with Gasteiger partial charge in [0.05, 0.1) is 22.4 Å². The molecule has 1 aliphatic carbocycles. The Morgan fingerprint density at radius 1 is 1.05 bits per heavy atom. The zero-order valence-electron chi connectivity index (χ0n) is 20.5. The first-order valence-corrected chi connectivity index (χ1v) is 12.3. The van der Waals surface area contributed by atoms with E-state index in [1.807, 2.05) is 68.4 Å². The van der Waals surface area contributed by atoms with Crippen LogP contribution in [0, 0.1) is 13.8 Å². The number of benzene rings is 2. The molecule has 4 aromatic heterocycles. The minimum atomic E-state index is -1.75. The molecular weight excluding hydrogens is 466 g/mol. The monoisotopic (exact) mass is 491 g/mol. The SMILES string of the molecule is Cc1noc(C)c1-c1cc(C(O)(c2ccccn2)c2cc3ccccc3o2)c2nc(C3CC3)n(N)c2c1. The molecule has 0 saturated heterocycles. The van der Waals surface area contributed by atoms with Gasteiger partial charge in [0.2, 0.25) is 0 Å². The van der Waals surface area contributed by atoms with Crippen LogP contribution in [0.4, 0.5) is 0 Å². The molecule has 0 amide bonds. The summed E-state index contributed by atoms with van der Waals surface area (Å²) in [6.07, 6.45) is 3.75. The second-order valence-electron chi connectivity index (χ2n) is 9.78. The zero-order valence-corrected chi connectivity index (χ0v) is 20.5. The number of hydrogen-bond donors (Lipinski definition) is 2. The summed E-state index contributed by atoms with van der Waals surface area (Å²) in [5.41, 5.74) is 3.61. The molecule has 1 atom stereocenters. The van der Waals surface area contributed by atoms with Crippen LogP contribution in [-0.2, 0) is 5.60 Å². The van der Waals surface area contributed by atoms with Crippen molar-refractivity contribution in [2.45, 2.75) is 38.2 Å². The predicted octanol–water partition coefficient (Wildman–Crippen LogP) is 5.32. The number of furan rings is 1. The summed E-state index contributed by atoms with van der Waals surface area (Å²) in [6.45, 7) is 3.77. The van der Waals surface area contributed by atoms with Crippen LogP contribution in [0.1, 0.15) is 53.1 Å². The second-order valence-corrected chi connectivity index (χ2v) is 9.78. The largest absolute Gasteiger partial charge is 0.457 e. The minimum absolute atomic E-state index is 0.307. The number of rotatable bonds is 5. The number of fused-ring (bicyclic) bond motifs is 2. The quantitative estimate of drug-likeness (QED) is 0.313. The molecule has 4 heterocycles. The molecule has 0 aliphatic heterocycles. The molecule has 0 radical (unpaired) electrons. The molecule has 184 valence electrons. The van der Waals surface area contributed by atoms with Crippen LogP contribution in [0.5, 0.6) is 0 Å². The molecular formula is C29H25N5O3. The molecule has 1 saturated carbocycles. The van der Waals surface area contributed by atoms with Gasteiger partial charge in [-0.1, -0.05) is 29.4 Å². The topological polar surface area (TPSA) is 116 Å². The van der Waals surface area contributed by atoms with Gasteiger partial charge >= 0.3 is 0 Å². The fourth-order valence-electron chi connectivity index (χ4n) is 5.29. The van der Waals surface area contributed by atoms with Crippen molar-refractivity contribution in [2.24, 2.45) is 0 Å². The Morgan fingerprint density at radius 3 is 2.57 bits per heavy atom. The lowest BCUT2D eigenvalue weighted by molar-refractivity contribution is 0.0979. The third-order valence-corrected chi connectivity index (χ3v) is 7.29. The highest BCUT2D eigenvalue weighted by Crippen LogP contribution is 2.46. The number of para-hydroxylation sites is 1. The molecule has 8 heteroatoms. The van der Waals surface area contributed by atoms with E-state index in [0.717, 1.165) is 40.9 Å². The molecule has 1 unspecified atom stereocenters. The summed E-state index contributed by atoms with van der Waals surface area (Å²) >= 11 is 0. The number of aromatic nitrogens is 4. The highest BCUT2D eigenvalue weighted by molar-refractivity contribution is 5.89. The lowest BCUT2D eigenvalue weighted by atomic mass is 9.84. The van der Waals surface area contributed by atoms with Crippen molar-refractivity contribution in [2.75, 3.05) is 5.84 Å².